The van der Waals surface area contributed by atoms with Crippen LogP contribution in [-0.2, 0) is 12.0 Å². The van der Waals surface area contributed by atoms with Crippen molar-refractivity contribution >= 4 is 35.8 Å². The number of hydrogen-bond donors (Lipinski definition) is 2. The van der Waals surface area contributed by atoms with Gasteiger partial charge in [-0.05, 0) is 43.0 Å². The zero-order valence-electron chi connectivity index (χ0n) is 19.4. The van der Waals surface area contributed by atoms with Crippen molar-refractivity contribution < 1.29 is 4.79 Å². The van der Waals surface area contributed by atoms with E-state index >= 15 is 0 Å². The molecule has 0 aliphatic heterocycles. The number of nitrogens with zero attached hydrogens (tertiary/aromatic N) is 2. The molecule has 2 aromatic carbocycles. The summed E-state index contributed by atoms with van der Waals surface area (Å²) >= 11 is 0. The van der Waals surface area contributed by atoms with E-state index in [4.69, 9.17) is 4.99 Å². The first-order valence-electron chi connectivity index (χ1n) is 10.8. The van der Waals surface area contributed by atoms with Crippen molar-refractivity contribution in [3.63, 3.8) is 0 Å². The van der Waals surface area contributed by atoms with Crippen molar-refractivity contribution in [3.05, 3.63) is 71.3 Å². The molecule has 0 aliphatic carbocycles. The minimum absolute atomic E-state index is 0. The van der Waals surface area contributed by atoms with Gasteiger partial charge >= 0.3 is 0 Å². The molecule has 0 bridgehead atoms. The molecular formula is C25H37IN4O. The van der Waals surface area contributed by atoms with E-state index in [2.05, 4.69) is 61.7 Å². The Morgan fingerprint density at radius 2 is 1.55 bits per heavy atom. The quantitative estimate of drug-likeness (QED) is 0.275. The second-order valence-electron chi connectivity index (χ2n) is 7.80. The Labute approximate surface area is 204 Å². The third-order valence-electron chi connectivity index (χ3n) is 5.70. The third-order valence-corrected chi connectivity index (χ3v) is 5.70. The van der Waals surface area contributed by atoms with Gasteiger partial charge in [-0.3, -0.25) is 4.79 Å². The maximum atomic E-state index is 12.0. The van der Waals surface area contributed by atoms with Gasteiger partial charge in [0.05, 0.1) is 6.54 Å². The van der Waals surface area contributed by atoms with Crippen molar-refractivity contribution in [2.24, 2.45) is 4.99 Å². The molecule has 31 heavy (non-hydrogen) atoms. The molecule has 0 saturated heterocycles. The summed E-state index contributed by atoms with van der Waals surface area (Å²) in [5, 5.41) is 6.90. The van der Waals surface area contributed by atoms with Crippen LogP contribution in [0.25, 0.3) is 0 Å². The van der Waals surface area contributed by atoms with E-state index in [1.807, 2.05) is 24.3 Å². The summed E-state index contributed by atoms with van der Waals surface area (Å²) in [5.74, 6) is 0.824. The van der Waals surface area contributed by atoms with Crippen LogP contribution in [0.2, 0.25) is 0 Å². The Morgan fingerprint density at radius 3 is 2.06 bits per heavy atom. The average Bonchev–Trinajstić information content (AvgIpc) is 2.78. The zero-order chi connectivity index (χ0) is 22.0. The highest BCUT2D eigenvalue weighted by molar-refractivity contribution is 14.0. The molecule has 0 unspecified atom stereocenters. The molecule has 170 valence electrons. The van der Waals surface area contributed by atoms with Crippen LogP contribution < -0.4 is 10.6 Å². The molecule has 1 amide bonds. The van der Waals surface area contributed by atoms with Crippen LogP contribution in [0, 0.1) is 0 Å². The van der Waals surface area contributed by atoms with Gasteiger partial charge in [-0.15, -0.1) is 24.0 Å². The number of nitrogens with one attached hydrogen (secondary N) is 2. The third kappa shape index (κ3) is 7.52. The summed E-state index contributed by atoms with van der Waals surface area (Å²) in [7, 11) is 3.52. The van der Waals surface area contributed by atoms with E-state index in [9.17, 15) is 4.79 Å². The Morgan fingerprint density at radius 1 is 0.935 bits per heavy atom. The summed E-state index contributed by atoms with van der Waals surface area (Å²) in [5.41, 5.74) is 3.20. The topological polar surface area (TPSA) is 56.7 Å². The summed E-state index contributed by atoms with van der Waals surface area (Å²) in [6.45, 7) is 8.76. The lowest BCUT2D eigenvalue weighted by Gasteiger charge is -2.33. The molecule has 0 aromatic heterocycles. The van der Waals surface area contributed by atoms with Crippen LogP contribution in [0.15, 0.2) is 59.6 Å². The maximum absolute atomic E-state index is 12.0. The van der Waals surface area contributed by atoms with E-state index in [0.29, 0.717) is 12.1 Å². The summed E-state index contributed by atoms with van der Waals surface area (Å²) in [6.07, 6.45) is 2.11. The number of carbonyl (C=O) groups excluding carboxylic acids is 1. The van der Waals surface area contributed by atoms with E-state index < -0.39 is 0 Å². The van der Waals surface area contributed by atoms with Crippen molar-refractivity contribution in [3.8, 4) is 0 Å². The SMILES string of the molecule is CCNC(=NCc1ccc(C(=O)N(C)C)cc1)NCC(CC)(CC)c1ccccc1.I. The minimum atomic E-state index is 0. The molecule has 5 nitrogen and oxygen atoms in total. The van der Waals surface area contributed by atoms with Crippen molar-refractivity contribution in [2.45, 2.75) is 45.6 Å². The van der Waals surface area contributed by atoms with Gasteiger partial charge in [-0.1, -0.05) is 56.3 Å². The molecule has 0 heterocycles. The number of aliphatic imine (C=N–C) groups is 1. The normalized spacial score (nSPS) is 11.5. The fourth-order valence-corrected chi connectivity index (χ4v) is 3.58. The second-order valence-corrected chi connectivity index (χ2v) is 7.80. The van der Waals surface area contributed by atoms with Gasteiger partial charge in [0.15, 0.2) is 5.96 Å². The van der Waals surface area contributed by atoms with Crippen LogP contribution in [-0.4, -0.2) is 44.0 Å². The lowest BCUT2D eigenvalue weighted by Crippen LogP contribution is -2.45. The van der Waals surface area contributed by atoms with Crippen LogP contribution in [0.4, 0.5) is 0 Å². The number of guanidine groups is 1. The summed E-state index contributed by atoms with van der Waals surface area (Å²) in [4.78, 5) is 18.4. The van der Waals surface area contributed by atoms with Crippen LogP contribution in [0.5, 0.6) is 0 Å². The Bertz CT molecular complexity index is 815. The monoisotopic (exact) mass is 536 g/mol. The van der Waals surface area contributed by atoms with Gasteiger partial charge in [-0.25, -0.2) is 4.99 Å². The molecule has 0 aliphatic rings. The predicted octanol–water partition coefficient (Wildman–Crippen LogP) is 4.82. The first-order valence-corrected chi connectivity index (χ1v) is 10.8. The molecule has 0 fully saturated rings. The molecule has 2 N–H and O–H groups in total. The number of benzene rings is 2. The van der Waals surface area contributed by atoms with Gasteiger partial charge in [-0.2, -0.15) is 0 Å². The Balaban J connectivity index is 0.00000480. The molecule has 0 atom stereocenters. The largest absolute Gasteiger partial charge is 0.357 e. The molecular weight excluding hydrogens is 499 g/mol. The molecule has 2 rings (SSSR count). The van der Waals surface area contributed by atoms with E-state index in [0.717, 1.165) is 37.5 Å². The van der Waals surface area contributed by atoms with Gasteiger partial charge in [0.2, 0.25) is 0 Å². The lowest BCUT2D eigenvalue weighted by molar-refractivity contribution is 0.0827. The minimum Gasteiger partial charge on any atom is -0.357 e. The zero-order valence-corrected chi connectivity index (χ0v) is 21.8. The highest BCUT2D eigenvalue weighted by Gasteiger charge is 2.28. The molecule has 0 saturated carbocycles. The van der Waals surface area contributed by atoms with Crippen molar-refractivity contribution in [1.82, 2.24) is 15.5 Å². The molecule has 0 spiro atoms. The van der Waals surface area contributed by atoms with E-state index in [1.165, 1.54) is 5.56 Å². The number of hydrogen-bond acceptors (Lipinski definition) is 2. The molecule has 0 radical (unpaired) electrons. The smallest absolute Gasteiger partial charge is 0.253 e. The van der Waals surface area contributed by atoms with Crippen LogP contribution >= 0.6 is 24.0 Å². The van der Waals surface area contributed by atoms with Gasteiger partial charge in [0, 0.05) is 38.2 Å². The standard InChI is InChI=1S/C25H36N4O.HI/c1-6-25(7-2,22-12-10-9-11-13-22)19-28-24(26-8-3)27-18-20-14-16-21(17-15-20)23(30)29(4)5;/h9-17H,6-8,18-19H2,1-5H3,(H2,26,27,28);1H. The second kappa shape index (κ2) is 13.3. The van der Waals surface area contributed by atoms with E-state index in [1.54, 1.807) is 19.0 Å². The fraction of sp³-hybridized carbons (Fsp3) is 0.440. The highest BCUT2D eigenvalue weighted by Crippen LogP contribution is 2.30. The predicted molar refractivity (Wildman–Crippen MR) is 141 cm³/mol. The average molecular weight is 537 g/mol. The number of halogens is 1. The number of amides is 1. The first-order chi connectivity index (χ1) is 14.5. The Kier molecular flexibility index (Phi) is 11.6. The molecule has 2 aromatic rings. The Hall–Kier alpha value is -2.09. The molecule has 6 heteroatoms. The van der Waals surface area contributed by atoms with Crippen LogP contribution in [0.3, 0.4) is 0 Å². The van der Waals surface area contributed by atoms with Gasteiger partial charge < -0.3 is 15.5 Å². The van der Waals surface area contributed by atoms with Gasteiger partial charge in [0.1, 0.15) is 0 Å². The van der Waals surface area contributed by atoms with Crippen molar-refractivity contribution in [2.75, 3.05) is 27.2 Å². The fourth-order valence-electron chi connectivity index (χ4n) is 3.58. The number of carbonyl (C=O) groups is 1. The lowest BCUT2D eigenvalue weighted by atomic mass is 9.76. The number of rotatable bonds is 9. The maximum Gasteiger partial charge on any atom is 0.253 e. The van der Waals surface area contributed by atoms with Gasteiger partial charge in [0.25, 0.3) is 5.91 Å². The summed E-state index contributed by atoms with van der Waals surface area (Å²) in [6, 6.07) is 18.4. The summed E-state index contributed by atoms with van der Waals surface area (Å²) < 4.78 is 0. The van der Waals surface area contributed by atoms with E-state index in [-0.39, 0.29) is 35.3 Å². The highest BCUT2D eigenvalue weighted by atomic mass is 127. The van der Waals surface area contributed by atoms with Crippen LogP contribution in [0.1, 0.15) is 55.1 Å². The first kappa shape index (κ1) is 26.9. The van der Waals surface area contributed by atoms with Crippen molar-refractivity contribution in [1.29, 1.82) is 0 Å².